The average Bonchev–Trinajstić information content (AvgIpc) is 2.07. The van der Waals surface area contributed by atoms with E-state index in [-0.39, 0.29) is 5.92 Å². The third-order valence-corrected chi connectivity index (χ3v) is 5.64. The van der Waals surface area contributed by atoms with Crippen LogP contribution < -0.4 is 0 Å². The van der Waals surface area contributed by atoms with Gasteiger partial charge < -0.3 is 0 Å². The molecule has 1 atom stereocenters. The molecule has 0 saturated carbocycles. The second-order valence-electron chi connectivity index (χ2n) is 4.36. The average molecular weight is 598 g/mol. The van der Waals surface area contributed by atoms with Gasteiger partial charge in [0.1, 0.15) is 0 Å². The molecule has 5 heteroatoms. The number of hydrogen-bond acceptors (Lipinski definition) is 3. The number of carbonyl (C=O) groups is 1. The van der Waals surface area contributed by atoms with Gasteiger partial charge in [-0.05, 0) is 0 Å². The van der Waals surface area contributed by atoms with Crippen LogP contribution in [-0.4, -0.2) is 89.7 Å². The third-order valence-electron chi connectivity index (χ3n) is 2.80. The number of carbonyl (C=O) groups excluding carboxylic acids is 1. The molecule has 0 N–H and O–H groups in total. The maximum absolute atomic E-state index is 10.8. The number of nitrogens with zero attached hydrogens (tertiary/aromatic N) is 1. The van der Waals surface area contributed by atoms with Gasteiger partial charge in [0.2, 0.25) is 0 Å². The summed E-state index contributed by atoms with van der Waals surface area (Å²) in [5.74, 6) is 0.463. The number of aldehydes is 1. The molecule has 0 bridgehead atoms. The van der Waals surface area contributed by atoms with Crippen molar-refractivity contribution < 1.29 is 9.53 Å². The van der Waals surface area contributed by atoms with Gasteiger partial charge in [-0.15, -0.1) is 0 Å². The fourth-order valence-electron chi connectivity index (χ4n) is 1.42. The normalized spacial score (nSPS) is 20.7. The molecule has 1 fully saturated rings. The second kappa shape index (κ2) is 7.00. The summed E-state index contributed by atoms with van der Waals surface area (Å²) in [5, 5.41) is 0. The monoisotopic (exact) mass is 599 g/mol. The molecular weight excluding hydrogens is 581 g/mol. The van der Waals surface area contributed by atoms with E-state index < -0.39 is 0 Å². The Balaban J connectivity index is 2.14. The van der Waals surface area contributed by atoms with E-state index in [0.29, 0.717) is 18.6 Å². The zero-order chi connectivity index (χ0) is 11.4. The Morgan fingerprint density at radius 3 is 2.47 bits per heavy atom. The quantitative estimate of drug-likeness (QED) is 0.314. The maximum atomic E-state index is 10.8. The summed E-state index contributed by atoms with van der Waals surface area (Å²) in [6, 6.07) is 0. The zero-order valence-corrected chi connectivity index (χ0v) is 17.0. The van der Waals surface area contributed by atoms with Crippen molar-refractivity contribution in [3.8, 4) is 0 Å². The molecule has 1 rings (SSSR count). The summed E-state index contributed by atoms with van der Waals surface area (Å²) in [4.78, 5) is 13.3. The second-order valence-corrected chi connectivity index (χ2v) is 17.3. The van der Waals surface area contributed by atoms with Crippen molar-refractivity contribution in [1.29, 1.82) is 0 Å². The summed E-state index contributed by atoms with van der Waals surface area (Å²) in [7, 11) is 0. The van der Waals surface area contributed by atoms with Crippen LogP contribution in [0.5, 0.6) is 0 Å². The molecule has 82 valence electrons. The predicted octanol–water partition coefficient (Wildman–Crippen LogP) is -0.221. The van der Waals surface area contributed by atoms with E-state index in [4.69, 9.17) is 4.74 Å². The minimum atomic E-state index is 0.0712. The van der Waals surface area contributed by atoms with Crippen molar-refractivity contribution in [1.82, 2.24) is 4.90 Å². The Bertz CT molecular complexity index is 206. The van der Waals surface area contributed by atoms with Crippen LogP contribution in [0.1, 0.15) is 13.8 Å². The Kier molecular flexibility index (Phi) is 6.76. The first-order valence-corrected chi connectivity index (χ1v) is 9.76. The third kappa shape index (κ3) is 4.67. The molecule has 1 aliphatic rings. The van der Waals surface area contributed by atoms with E-state index in [1.165, 1.54) is 51.5 Å². The minimum absolute atomic E-state index is 0.0712. The molecule has 1 unspecified atom stereocenters. The van der Waals surface area contributed by atoms with Crippen LogP contribution >= 0.6 is 0 Å². The van der Waals surface area contributed by atoms with Crippen molar-refractivity contribution in [2.24, 2.45) is 11.8 Å². The standard InChI is InChI=1S/C10H17NO2.2Pb/c1-8(2)9(6-12)7-13-10-4-11(3)5-10;;/h3,6,8-10H,4-5,7H2,1-2H3;;. The van der Waals surface area contributed by atoms with Crippen LogP contribution in [-0.2, 0) is 9.53 Å². The Morgan fingerprint density at radius 1 is 1.47 bits per heavy atom. The summed E-state index contributed by atoms with van der Waals surface area (Å²) in [6.07, 6.45) is 1.42. The van der Waals surface area contributed by atoms with Crippen LogP contribution in [0.2, 0.25) is 0 Å². The summed E-state index contributed by atoms with van der Waals surface area (Å²) >= 11 is 2.56. The van der Waals surface area contributed by atoms with E-state index >= 15 is 0 Å². The molecule has 3 nitrogen and oxygen atoms in total. The fraction of sp³-hybridized carbons (Fsp3) is 0.900. The Morgan fingerprint density at radius 2 is 2.07 bits per heavy atom. The zero-order valence-electron chi connectivity index (χ0n) is 9.27. The molecule has 0 spiro atoms. The van der Waals surface area contributed by atoms with Gasteiger partial charge in [-0.2, -0.15) is 0 Å². The first-order chi connectivity index (χ1) is 7.04. The van der Waals surface area contributed by atoms with Crippen LogP contribution in [0.3, 0.4) is 0 Å². The molecule has 1 saturated heterocycles. The first-order valence-electron chi connectivity index (χ1n) is 5.27. The molecule has 6 radical (unpaired) electrons. The van der Waals surface area contributed by atoms with Gasteiger partial charge >= 0.3 is 125 Å². The molecule has 0 aromatic carbocycles. The molecule has 0 amide bonds. The fourth-order valence-corrected chi connectivity index (χ4v) is 3.06. The van der Waals surface area contributed by atoms with Crippen molar-refractivity contribution >= 4 is 57.8 Å². The molecular formula is C10H17NO2Pb2. The van der Waals surface area contributed by atoms with E-state index in [0.717, 1.165) is 20.5 Å². The van der Waals surface area contributed by atoms with Gasteiger partial charge in [0, 0.05) is 0 Å². The summed E-state index contributed by atoms with van der Waals surface area (Å²) in [6.45, 7) is 6.91. The van der Waals surface area contributed by atoms with Gasteiger partial charge in [-0.25, -0.2) is 0 Å². The Hall–Kier alpha value is 1.43. The predicted molar refractivity (Wildman–Crippen MR) is 61.0 cm³/mol. The molecule has 0 aliphatic carbocycles. The molecule has 0 aromatic rings. The van der Waals surface area contributed by atoms with Crippen molar-refractivity contribution in [2.45, 2.75) is 21.1 Å². The van der Waals surface area contributed by atoms with Crippen molar-refractivity contribution in [3.63, 3.8) is 0 Å². The molecule has 1 aliphatic heterocycles. The number of hydrogen-bond donors (Lipinski definition) is 0. The van der Waals surface area contributed by atoms with Crippen LogP contribution in [0.15, 0.2) is 0 Å². The van der Waals surface area contributed by atoms with Crippen molar-refractivity contribution in [3.05, 3.63) is 0 Å². The van der Waals surface area contributed by atoms with E-state index in [1.54, 1.807) is 0 Å². The van der Waals surface area contributed by atoms with Gasteiger partial charge in [0.15, 0.2) is 0 Å². The van der Waals surface area contributed by atoms with E-state index in [2.05, 4.69) is 18.7 Å². The number of rotatable bonds is 6. The van der Waals surface area contributed by atoms with E-state index in [1.807, 2.05) is 0 Å². The summed E-state index contributed by atoms with van der Waals surface area (Å²) in [5.41, 5.74) is 0. The van der Waals surface area contributed by atoms with Crippen molar-refractivity contribution in [2.75, 3.05) is 19.7 Å². The van der Waals surface area contributed by atoms with Gasteiger partial charge in [-0.1, -0.05) is 0 Å². The summed E-state index contributed by atoms with van der Waals surface area (Å²) < 4.78 is 6.62. The molecule has 0 aromatic heterocycles. The number of likely N-dealkylation sites (tertiary alicyclic amines) is 1. The topological polar surface area (TPSA) is 29.5 Å². The SMILES string of the molecule is CC(C)C(C=O)COC1CN([CH]([Pb])[Pb])C1. The van der Waals surface area contributed by atoms with Crippen LogP contribution in [0, 0.1) is 11.8 Å². The van der Waals surface area contributed by atoms with Crippen LogP contribution in [0.4, 0.5) is 0 Å². The van der Waals surface area contributed by atoms with Crippen LogP contribution in [0.25, 0.3) is 0 Å². The number of ether oxygens (including phenoxy) is 1. The van der Waals surface area contributed by atoms with Gasteiger partial charge in [-0.3, -0.25) is 0 Å². The van der Waals surface area contributed by atoms with E-state index in [9.17, 15) is 4.79 Å². The van der Waals surface area contributed by atoms with Gasteiger partial charge in [0.25, 0.3) is 0 Å². The molecule has 1 heterocycles. The Labute approximate surface area is 124 Å². The van der Waals surface area contributed by atoms with Gasteiger partial charge in [0.05, 0.1) is 0 Å². The molecule has 15 heavy (non-hydrogen) atoms. The first kappa shape index (κ1) is 14.5.